The average molecular weight is 286 g/mol. The van der Waals surface area contributed by atoms with Gasteiger partial charge < -0.3 is 0 Å². The average Bonchev–Trinajstić information content (AvgIpc) is 1.95. The fraction of sp³-hybridized carbons (Fsp3) is 0.143. The van der Waals surface area contributed by atoms with Crippen LogP contribution >= 0.6 is 35.0 Å². The van der Waals surface area contributed by atoms with E-state index in [2.05, 4.69) is 27.4 Å². The zero-order valence-corrected chi connectivity index (χ0v) is 8.76. The summed E-state index contributed by atoms with van der Waals surface area (Å²) in [5.41, 5.74) is 1.10. The molecule has 0 fully saturated rings. The predicted molar refractivity (Wildman–Crippen MR) is 55.4 cm³/mol. The van der Waals surface area contributed by atoms with Crippen LogP contribution < -0.4 is 5.90 Å². The summed E-state index contributed by atoms with van der Waals surface area (Å²) < 4.78 is 1.22. The van der Waals surface area contributed by atoms with Crippen LogP contribution in [0.2, 0.25) is 0 Å². The Balaban J connectivity index is 0.000001000. The second-order valence-electron chi connectivity index (χ2n) is 1.94. The van der Waals surface area contributed by atoms with E-state index in [0.29, 0.717) is 6.61 Å². The summed E-state index contributed by atoms with van der Waals surface area (Å²) in [6, 6.07) is 8.03. The summed E-state index contributed by atoms with van der Waals surface area (Å²) in [6.45, 7) is 0.483. The van der Waals surface area contributed by atoms with Crippen LogP contribution in [-0.4, -0.2) is 0 Å². The lowest BCUT2D eigenvalue weighted by Gasteiger charge is -1.96. The van der Waals surface area contributed by atoms with E-state index in [-0.39, 0.29) is 12.4 Å². The van der Waals surface area contributed by atoms with E-state index < -0.39 is 0 Å². The zero-order chi connectivity index (χ0) is 7.40. The van der Waals surface area contributed by atoms with Crippen molar-refractivity contribution in [2.75, 3.05) is 0 Å². The van der Waals surface area contributed by atoms with Crippen LogP contribution in [0.25, 0.3) is 0 Å². The molecular formula is C7H9ClINO. The number of benzene rings is 1. The summed E-state index contributed by atoms with van der Waals surface area (Å²) in [5.74, 6) is 4.90. The smallest absolute Gasteiger partial charge is 0.0930 e. The minimum Gasteiger partial charge on any atom is -0.300 e. The van der Waals surface area contributed by atoms with Gasteiger partial charge in [-0.05, 0) is 40.3 Å². The highest BCUT2D eigenvalue weighted by atomic mass is 127. The van der Waals surface area contributed by atoms with Crippen molar-refractivity contribution in [1.29, 1.82) is 0 Å². The Bertz CT molecular complexity index is 202. The van der Waals surface area contributed by atoms with Crippen molar-refractivity contribution in [3.63, 3.8) is 0 Å². The highest BCUT2D eigenvalue weighted by Crippen LogP contribution is 2.06. The van der Waals surface area contributed by atoms with Crippen LogP contribution in [0, 0.1) is 3.57 Å². The first-order valence-electron chi connectivity index (χ1n) is 2.89. The van der Waals surface area contributed by atoms with Gasteiger partial charge in [-0.3, -0.25) is 4.84 Å². The Morgan fingerprint density at radius 3 is 2.27 bits per heavy atom. The molecule has 0 unspecified atom stereocenters. The molecule has 2 nitrogen and oxygen atoms in total. The van der Waals surface area contributed by atoms with Gasteiger partial charge in [-0.25, -0.2) is 5.90 Å². The fourth-order valence-corrected chi connectivity index (χ4v) is 1.04. The molecular weight excluding hydrogens is 276 g/mol. The lowest BCUT2D eigenvalue weighted by atomic mass is 10.2. The van der Waals surface area contributed by atoms with Gasteiger partial charge in [0.1, 0.15) is 0 Å². The molecule has 4 heteroatoms. The largest absolute Gasteiger partial charge is 0.300 e. The molecule has 1 aromatic carbocycles. The minimum absolute atomic E-state index is 0. The highest BCUT2D eigenvalue weighted by Gasteiger charge is 1.89. The van der Waals surface area contributed by atoms with Gasteiger partial charge >= 0.3 is 0 Å². The summed E-state index contributed by atoms with van der Waals surface area (Å²) in [5, 5.41) is 0. The van der Waals surface area contributed by atoms with Gasteiger partial charge in [0.05, 0.1) is 6.61 Å². The number of hydrogen-bond acceptors (Lipinski definition) is 2. The maximum atomic E-state index is 4.90. The number of hydrogen-bond donors (Lipinski definition) is 1. The van der Waals surface area contributed by atoms with E-state index in [1.54, 1.807) is 0 Å². The van der Waals surface area contributed by atoms with Gasteiger partial charge in [-0.1, -0.05) is 12.1 Å². The Kier molecular flexibility index (Phi) is 5.85. The minimum atomic E-state index is 0. The molecule has 62 valence electrons. The van der Waals surface area contributed by atoms with Gasteiger partial charge in [0, 0.05) is 3.57 Å². The first kappa shape index (κ1) is 11.2. The Morgan fingerprint density at radius 1 is 1.27 bits per heavy atom. The summed E-state index contributed by atoms with van der Waals surface area (Å²) in [4.78, 5) is 4.47. The molecule has 0 amide bonds. The standard InChI is InChI=1S/C7H8INO.ClH/c8-7-3-1-6(2-4-7)5-10-9;/h1-4H,5,9H2;1H. The van der Waals surface area contributed by atoms with Crippen molar-refractivity contribution >= 4 is 35.0 Å². The van der Waals surface area contributed by atoms with Gasteiger partial charge in [0.15, 0.2) is 0 Å². The zero-order valence-electron chi connectivity index (χ0n) is 5.79. The van der Waals surface area contributed by atoms with Crippen LogP contribution in [0.15, 0.2) is 24.3 Å². The molecule has 11 heavy (non-hydrogen) atoms. The number of nitrogens with two attached hydrogens (primary N) is 1. The molecule has 2 N–H and O–H groups in total. The maximum absolute atomic E-state index is 4.90. The molecule has 0 aliphatic rings. The monoisotopic (exact) mass is 285 g/mol. The molecule has 0 aliphatic carbocycles. The van der Waals surface area contributed by atoms with Crippen molar-refractivity contribution in [2.45, 2.75) is 6.61 Å². The van der Waals surface area contributed by atoms with Crippen LogP contribution in [0.5, 0.6) is 0 Å². The van der Waals surface area contributed by atoms with Crippen molar-refractivity contribution in [2.24, 2.45) is 5.90 Å². The Morgan fingerprint density at radius 2 is 1.82 bits per heavy atom. The van der Waals surface area contributed by atoms with E-state index in [1.807, 2.05) is 24.3 Å². The van der Waals surface area contributed by atoms with E-state index in [0.717, 1.165) is 5.56 Å². The first-order valence-corrected chi connectivity index (χ1v) is 3.97. The van der Waals surface area contributed by atoms with Crippen LogP contribution in [0.4, 0.5) is 0 Å². The van der Waals surface area contributed by atoms with E-state index >= 15 is 0 Å². The molecule has 1 aromatic rings. The van der Waals surface area contributed by atoms with Gasteiger partial charge in [0.25, 0.3) is 0 Å². The SMILES string of the molecule is Cl.NOCc1ccc(I)cc1. The Labute approximate surface area is 85.6 Å². The van der Waals surface area contributed by atoms with Gasteiger partial charge in [-0.2, -0.15) is 0 Å². The fourth-order valence-electron chi connectivity index (χ4n) is 0.677. The van der Waals surface area contributed by atoms with Gasteiger partial charge in [-0.15, -0.1) is 12.4 Å². The second kappa shape index (κ2) is 5.77. The quantitative estimate of drug-likeness (QED) is 0.667. The summed E-state index contributed by atoms with van der Waals surface area (Å²) >= 11 is 2.25. The number of halogens is 2. The lowest BCUT2D eigenvalue weighted by molar-refractivity contribution is 0.124. The molecule has 0 atom stereocenters. The van der Waals surface area contributed by atoms with Gasteiger partial charge in [0.2, 0.25) is 0 Å². The third-order valence-electron chi connectivity index (χ3n) is 1.16. The van der Waals surface area contributed by atoms with Crippen LogP contribution in [-0.2, 0) is 11.4 Å². The van der Waals surface area contributed by atoms with E-state index in [9.17, 15) is 0 Å². The molecule has 0 bridgehead atoms. The normalized spacial score (nSPS) is 8.91. The number of rotatable bonds is 2. The first-order chi connectivity index (χ1) is 4.83. The van der Waals surface area contributed by atoms with Crippen LogP contribution in [0.3, 0.4) is 0 Å². The van der Waals surface area contributed by atoms with Crippen LogP contribution in [0.1, 0.15) is 5.56 Å². The third kappa shape index (κ3) is 3.91. The molecule has 0 aliphatic heterocycles. The third-order valence-corrected chi connectivity index (χ3v) is 1.88. The Hall–Kier alpha value is 0.160. The molecule has 0 saturated heterocycles. The predicted octanol–water partition coefficient (Wildman–Crippen LogP) is 2.10. The maximum Gasteiger partial charge on any atom is 0.0930 e. The highest BCUT2D eigenvalue weighted by molar-refractivity contribution is 14.1. The summed E-state index contributed by atoms with van der Waals surface area (Å²) in [6.07, 6.45) is 0. The molecule has 0 heterocycles. The second-order valence-corrected chi connectivity index (χ2v) is 3.18. The summed E-state index contributed by atoms with van der Waals surface area (Å²) in [7, 11) is 0. The van der Waals surface area contributed by atoms with Crippen molar-refractivity contribution in [3.05, 3.63) is 33.4 Å². The van der Waals surface area contributed by atoms with Crippen molar-refractivity contribution < 1.29 is 4.84 Å². The molecule has 0 radical (unpaired) electrons. The lowest BCUT2D eigenvalue weighted by Crippen LogP contribution is -1.98. The van der Waals surface area contributed by atoms with Crippen molar-refractivity contribution in [3.8, 4) is 0 Å². The molecule has 0 spiro atoms. The van der Waals surface area contributed by atoms with E-state index in [1.165, 1.54) is 3.57 Å². The van der Waals surface area contributed by atoms with E-state index in [4.69, 9.17) is 5.90 Å². The molecule has 0 aromatic heterocycles. The molecule has 0 saturated carbocycles. The van der Waals surface area contributed by atoms with Crippen molar-refractivity contribution in [1.82, 2.24) is 0 Å². The molecule has 1 rings (SSSR count). The topological polar surface area (TPSA) is 35.2 Å².